The third-order valence-electron chi connectivity index (χ3n) is 7.14. The second kappa shape index (κ2) is 10.4. The summed E-state index contributed by atoms with van der Waals surface area (Å²) >= 11 is 3.34. The molecule has 0 saturated carbocycles. The van der Waals surface area contributed by atoms with Crippen LogP contribution < -0.4 is 25.8 Å². The van der Waals surface area contributed by atoms with E-state index in [1.54, 1.807) is 37.3 Å². The first-order valence-electron chi connectivity index (χ1n) is 12.7. The Hall–Kier alpha value is -3.77. The summed E-state index contributed by atoms with van der Waals surface area (Å²) in [7, 11) is 4.86. The number of ether oxygens (including phenoxy) is 1. The van der Waals surface area contributed by atoms with Crippen molar-refractivity contribution in [3.05, 3.63) is 69.4 Å². The molecule has 0 N–H and O–H groups in total. The Kier molecular flexibility index (Phi) is 6.81. The molecule has 5 aromatic rings. The lowest BCUT2D eigenvalue weighted by Crippen LogP contribution is -2.47. The summed E-state index contributed by atoms with van der Waals surface area (Å²) < 4.78 is 12.1. The van der Waals surface area contributed by atoms with Crippen LogP contribution in [0.3, 0.4) is 0 Å². The Balaban J connectivity index is 1.28. The average molecular weight is 564 g/mol. The van der Waals surface area contributed by atoms with Gasteiger partial charge in [0.1, 0.15) is 5.75 Å². The molecule has 0 amide bonds. The van der Waals surface area contributed by atoms with Gasteiger partial charge in [-0.15, -0.1) is 11.3 Å². The molecule has 0 atom stereocenters. The second-order valence-electron chi connectivity index (χ2n) is 9.41. The van der Waals surface area contributed by atoms with Crippen LogP contribution in [0.25, 0.3) is 21.4 Å². The van der Waals surface area contributed by atoms with Crippen molar-refractivity contribution >= 4 is 56.1 Å². The van der Waals surface area contributed by atoms with Crippen molar-refractivity contribution in [3.63, 3.8) is 0 Å². The van der Waals surface area contributed by atoms with Gasteiger partial charge in [-0.2, -0.15) is 4.98 Å². The molecule has 0 spiro atoms. The number of benzene rings is 2. The maximum absolute atomic E-state index is 13.3. The Morgan fingerprint density at radius 1 is 0.923 bits per heavy atom. The monoisotopic (exact) mass is 563 g/mol. The highest BCUT2D eigenvalue weighted by Gasteiger charge is 2.26. The van der Waals surface area contributed by atoms with Gasteiger partial charge < -0.3 is 19.1 Å². The van der Waals surface area contributed by atoms with Gasteiger partial charge in [0.2, 0.25) is 5.95 Å². The standard InChI is InChI=1S/C27H29N7O3S2/c1-30-23-22(24(35)31(2)27(30)36)34(16-17-38-26-28-20-6-4-5-7-21(20)39-26)25(29-23)33-14-12-32(13-15-33)18-8-10-19(37-3)11-9-18/h4-11H,12-17H2,1-3H3. The normalized spacial score (nSPS) is 14.0. The minimum Gasteiger partial charge on any atom is -0.497 e. The molecule has 0 bridgehead atoms. The van der Waals surface area contributed by atoms with Gasteiger partial charge in [-0.1, -0.05) is 23.9 Å². The molecule has 1 aliphatic rings. The van der Waals surface area contributed by atoms with Crippen molar-refractivity contribution in [2.24, 2.45) is 14.1 Å². The third kappa shape index (κ3) is 4.67. The van der Waals surface area contributed by atoms with Crippen molar-refractivity contribution in [2.75, 3.05) is 48.8 Å². The molecule has 202 valence electrons. The van der Waals surface area contributed by atoms with Gasteiger partial charge in [0.05, 0.1) is 17.3 Å². The predicted molar refractivity (Wildman–Crippen MR) is 158 cm³/mol. The maximum atomic E-state index is 13.3. The number of aromatic nitrogens is 5. The summed E-state index contributed by atoms with van der Waals surface area (Å²) in [5.74, 6) is 2.28. The number of thioether (sulfide) groups is 1. The molecule has 0 aliphatic carbocycles. The number of hydrogen-bond donors (Lipinski definition) is 0. The number of thiazole rings is 1. The van der Waals surface area contributed by atoms with Crippen LogP contribution in [0.1, 0.15) is 0 Å². The van der Waals surface area contributed by atoms with E-state index in [9.17, 15) is 9.59 Å². The van der Waals surface area contributed by atoms with Gasteiger partial charge >= 0.3 is 5.69 Å². The van der Waals surface area contributed by atoms with Gasteiger partial charge in [-0.05, 0) is 36.4 Å². The van der Waals surface area contributed by atoms with Crippen LogP contribution in [0, 0.1) is 0 Å². The van der Waals surface area contributed by atoms with Crippen LogP contribution in [-0.4, -0.2) is 62.7 Å². The third-order valence-corrected chi connectivity index (χ3v) is 9.30. The first kappa shape index (κ1) is 25.5. The molecule has 0 radical (unpaired) electrons. The van der Waals surface area contributed by atoms with Crippen LogP contribution in [-0.2, 0) is 20.6 Å². The molecular formula is C27H29N7O3S2. The molecule has 1 aliphatic heterocycles. The van der Waals surface area contributed by atoms with E-state index in [0.29, 0.717) is 17.7 Å². The van der Waals surface area contributed by atoms with Crippen LogP contribution in [0.5, 0.6) is 5.75 Å². The maximum Gasteiger partial charge on any atom is 0.332 e. The van der Waals surface area contributed by atoms with E-state index in [2.05, 4.69) is 28.0 Å². The number of anilines is 2. The van der Waals surface area contributed by atoms with Gasteiger partial charge in [0, 0.05) is 58.3 Å². The number of rotatable bonds is 7. The van der Waals surface area contributed by atoms with Gasteiger partial charge in [0.25, 0.3) is 5.56 Å². The predicted octanol–water partition coefficient (Wildman–Crippen LogP) is 3.17. The minimum absolute atomic E-state index is 0.325. The number of imidazole rings is 1. The molecule has 12 heteroatoms. The molecule has 3 aromatic heterocycles. The van der Waals surface area contributed by atoms with Crippen LogP contribution in [0.2, 0.25) is 0 Å². The lowest BCUT2D eigenvalue weighted by atomic mass is 10.2. The van der Waals surface area contributed by atoms with E-state index >= 15 is 0 Å². The molecule has 6 rings (SSSR count). The van der Waals surface area contributed by atoms with Crippen molar-refractivity contribution in [1.82, 2.24) is 23.7 Å². The van der Waals surface area contributed by atoms with Crippen LogP contribution >= 0.6 is 23.1 Å². The van der Waals surface area contributed by atoms with E-state index in [1.807, 2.05) is 34.9 Å². The lowest BCUT2D eigenvalue weighted by Gasteiger charge is -2.36. The molecule has 2 aromatic carbocycles. The summed E-state index contributed by atoms with van der Waals surface area (Å²) in [6, 6.07) is 16.2. The molecule has 39 heavy (non-hydrogen) atoms. The average Bonchev–Trinajstić information content (AvgIpc) is 3.57. The summed E-state index contributed by atoms with van der Waals surface area (Å²) in [5.41, 5.74) is 2.31. The smallest absolute Gasteiger partial charge is 0.332 e. The van der Waals surface area contributed by atoms with Gasteiger partial charge in [0.15, 0.2) is 15.5 Å². The van der Waals surface area contributed by atoms with E-state index in [0.717, 1.165) is 68.4 Å². The fourth-order valence-corrected chi connectivity index (χ4v) is 7.05. The topological polar surface area (TPSA) is 90.4 Å². The molecular weight excluding hydrogens is 534 g/mol. The van der Waals surface area contributed by atoms with Crippen molar-refractivity contribution in [1.29, 1.82) is 0 Å². The first-order valence-corrected chi connectivity index (χ1v) is 14.5. The Bertz CT molecular complexity index is 1730. The van der Waals surface area contributed by atoms with E-state index in [1.165, 1.54) is 11.6 Å². The number of para-hydroxylation sites is 1. The van der Waals surface area contributed by atoms with Crippen LogP contribution in [0.15, 0.2) is 62.5 Å². The van der Waals surface area contributed by atoms with Gasteiger partial charge in [-0.3, -0.25) is 13.9 Å². The molecule has 1 saturated heterocycles. The van der Waals surface area contributed by atoms with Crippen molar-refractivity contribution < 1.29 is 4.74 Å². The second-order valence-corrected chi connectivity index (χ2v) is 11.8. The lowest BCUT2D eigenvalue weighted by molar-refractivity contribution is 0.415. The number of piperazine rings is 1. The summed E-state index contributed by atoms with van der Waals surface area (Å²) in [5, 5.41) is 0. The molecule has 1 fully saturated rings. The Morgan fingerprint density at radius 3 is 2.36 bits per heavy atom. The highest BCUT2D eigenvalue weighted by molar-refractivity contribution is 8.01. The highest BCUT2D eigenvalue weighted by atomic mass is 32.2. The molecule has 0 unspecified atom stereocenters. The number of methoxy groups -OCH3 is 1. The SMILES string of the molecule is COc1ccc(N2CCN(c3nc4c(c(=O)n(C)c(=O)n4C)n3CCSc3nc4ccccc4s3)CC2)cc1. The molecule has 10 nitrogen and oxygen atoms in total. The molecule has 4 heterocycles. The largest absolute Gasteiger partial charge is 0.497 e. The summed E-state index contributed by atoms with van der Waals surface area (Å²) in [4.78, 5) is 40.1. The van der Waals surface area contributed by atoms with Gasteiger partial charge in [-0.25, -0.2) is 9.78 Å². The fourth-order valence-electron chi connectivity index (χ4n) is 4.98. The fraction of sp³-hybridized carbons (Fsp3) is 0.333. The minimum atomic E-state index is -0.378. The Morgan fingerprint density at radius 2 is 1.64 bits per heavy atom. The van der Waals surface area contributed by atoms with Crippen LogP contribution in [0.4, 0.5) is 11.6 Å². The van der Waals surface area contributed by atoms with Crippen molar-refractivity contribution in [2.45, 2.75) is 10.9 Å². The summed E-state index contributed by atoms with van der Waals surface area (Å²) in [6.07, 6.45) is 0. The highest BCUT2D eigenvalue weighted by Crippen LogP contribution is 2.30. The Labute approximate surface area is 233 Å². The van der Waals surface area contributed by atoms with E-state index in [4.69, 9.17) is 14.7 Å². The quantitative estimate of drug-likeness (QED) is 0.279. The number of aryl methyl sites for hydroxylation is 2. The zero-order chi connectivity index (χ0) is 27.1. The number of nitrogens with zero attached hydrogens (tertiary/aromatic N) is 7. The van der Waals surface area contributed by atoms with Crippen molar-refractivity contribution in [3.8, 4) is 5.75 Å². The summed E-state index contributed by atoms with van der Waals surface area (Å²) in [6.45, 7) is 3.68. The first-order chi connectivity index (χ1) is 18.9. The van der Waals surface area contributed by atoms with E-state index < -0.39 is 0 Å². The zero-order valence-corrected chi connectivity index (χ0v) is 23.7. The van der Waals surface area contributed by atoms with E-state index in [-0.39, 0.29) is 11.2 Å². The number of hydrogen-bond acceptors (Lipinski definition) is 9. The number of fused-ring (bicyclic) bond motifs is 2. The zero-order valence-electron chi connectivity index (χ0n) is 22.0.